The third kappa shape index (κ3) is 2.95. The van der Waals surface area contributed by atoms with Gasteiger partial charge in [-0.2, -0.15) is 0 Å². The Morgan fingerprint density at radius 3 is 2.62 bits per heavy atom. The fraction of sp³-hybridized carbons (Fsp3) is 0.385. The van der Waals surface area contributed by atoms with Crippen molar-refractivity contribution in [2.75, 3.05) is 0 Å². The molecule has 0 aliphatic heterocycles. The Labute approximate surface area is 81.0 Å². The van der Waals surface area contributed by atoms with Gasteiger partial charge in [0.25, 0.3) is 0 Å². The first-order valence-corrected chi connectivity index (χ1v) is 4.70. The maximum absolute atomic E-state index is 6.79. The minimum atomic E-state index is 0.771. The molecule has 0 aliphatic rings. The van der Waals surface area contributed by atoms with Crippen molar-refractivity contribution in [3.63, 3.8) is 0 Å². The zero-order valence-corrected chi connectivity index (χ0v) is 8.35. The van der Waals surface area contributed by atoms with Gasteiger partial charge < -0.3 is 0 Å². The molecule has 0 spiro atoms. The van der Waals surface area contributed by atoms with Gasteiger partial charge in [0.1, 0.15) is 0 Å². The molecule has 0 heteroatoms. The van der Waals surface area contributed by atoms with Crippen LogP contribution in [0.25, 0.3) is 0 Å². The van der Waals surface area contributed by atoms with E-state index in [-0.39, 0.29) is 0 Å². The molecule has 0 saturated carbocycles. The van der Waals surface area contributed by atoms with Gasteiger partial charge in [0, 0.05) is 6.42 Å². The van der Waals surface area contributed by atoms with Crippen molar-refractivity contribution in [2.24, 2.45) is 0 Å². The Kier molecular flexibility index (Phi) is 3.58. The predicted molar refractivity (Wildman–Crippen MR) is 56.0 cm³/mol. The summed E-state index contributed by atoms with van der Waals surface area (Å²) in [6.45, 7) is 4.27. The van der Waals surface area contributed by atoms with Crippen LogP contribution in [0.4, 0.5) is 0 Å². The molecular weight excluding hydrogens is 156 g/mol. The molecule has 0 unspecified atom stereocenters. The highest BCUT2D eigenvalue weighted by Gasteiger charge is 1.95. The minimum Gasteiger partial charge on any atom is -0.0891 e. The van der Waals surface area contributed by atoms with Crippen molar-refractivity contribution in [1.82, 2.24) is 0 Å². The first-order valence-electron chi connectivity index (χ1n) is 4.70. The molecule has 1 radical (unpaired) electrons. The van der Waals surface area contributed by atoms with Gasteiger partial charge in [-0.15, -0.1) is 0 Å². The lowest BCUT2D eigenvalue weighted by molar-refractivity contribution is 0.856. The van der Waals surface area contributed by atoms with Crippen LogP contribution >= 0.6 is 0 Å². The van der Waals surface area contributed by atoms with Crippen LogP contribution < -0.4 is 0 Å². The number of benzene rings is 1. The standard InChI is InChI=1S/C13H15/c1-4-5-6-7-13-9-8-11(2)12(3)10-13/h8-10H,5-7H2,2-3H3. The average molecular weight is 171 g/mol. The number of rotatable bonds is 3. The lowest BCUT2D eigenvalue weighted by Crippen LogP contribution is -1.88. The number of unbranched alkanes of at least 4 members (excludes halogenated alkanes) is 1. The van der Waals surface area contributed by atoms with Gasteiger partial charge in [-0.1, -0.05) is 24.1 Å². The van der Waals surface area contributed by atoms with E-state index in [1.165, 1.54) is 16.7 Å². The number of hydrogen-bond acceptors (Lipinski definition) is 0. The van der Waals surface area contributed by atoms with Crippen LogP contribution in [0.1, 0.15) is 29.5 Å². The minimum absolute atomic E-state index is 0.771. The molecule has 1 aromatic carbocycles. The third-order valence-electron chi connectivity index (χ3n) is 2.34. The topological polar surface area (TPSA) is 0 Å². The highest BCUT2D eigenvalue weighted by atomic mass is 14.0. The summed E-state index contributed by atoms with van der Waals surface area (Å²) in [7, 11) is 0. The second kappa shape index (κ2) is 4.72. The van der Waals surface area contributed by atoms with E-state index < -0.39 is 0 Å². The summed E-state index contributed by atoms with van der Waals surface area (Å²) >= 11 is 0. The van der Waals surface area contributed by atoms with Crippen molar-refractivity contribution in [2.45, 2.75) is 33.1 Å². The van der Waals surface area contributed by atoms with E-state index in [2.05, 4.69) is 38.0 Å². The molecule has 0 nitrogen and oxygen atoms in total. The van der Waals surface area contributed by atoms with Gasteiger partial charge in [-0.3, -0.25) is 0 Å². The molecule has 0 N–H and O–H groups in total. The molecule has 0 amide bonds. The van der Waals surface area contributed by atoms with Crippen LogP contribution in [0, 0.1) is 26.2 Å². The second-order valence-corrected chi connectivity index (χ2v) is 3.45. The zero-order valence-electron chi connectivity index (χ0n) is 8.35. The molecule has 0 bridgehead atoms. The molecule has 0 heterocycles. The van der Waals surface area contributed by atoms with E-state index in [1.807, 2.05) is 0 Å². The predicted octanol–water partition coefficient (Wildman–Crippen LogP) is 3.22. The SMILES string of the molecule is [C]#CCCCc1ccc(C)c(C)c1. The molecule has 0 fully saturated rings. The average Bonchev–Trinajstić information content (AvgIpc) is 2.12. The van der Waals surface area contributed by atoms with Gasteiger partial charge in [-0.05, 0) is 49.8 Å². The maximum atomic E-state index is 6.79. The molecular formula is C13H15. The van der Waals surface area contributed by atoms with Crippen LogP contribution in [-0.4, -0.2) is 0 Å². The quantitative estimate of drug-likeness (QED) is 0.484. The molecule has 0 atom stereocenters. The summed E-state index contributed by atoms with van der Waals surface area (Å²) in [5, 5.41) is 0. The smallest absolute Gasteiger partial charge is 0.0102 e. The molecule has 67 valence electrons. The lowest BCUT2D eigenvalue weighted by atomic mass is 10.0. The Morgan fingerprint density at radius 2 is 2.00 bits per heavy atom. The molecule has 13 heavy (non-hydrogen) atoms. The molecule has 1 aromatic rings. The van der Waals surface area contributed by atoms with Crippen molar-refractivity contribution in [3.8, 4) is 5.92 Å². The van der Waals surface area contributed by atoms with Gasteiger partial charge in [0.15, 0.2) is 0 Å². The van der Waals surface area contributed by atoms with Crippen LogP contribution in [0.15, 0.2) is 18.2 Å². The summed E-state index contributed by atoms with van der Waals surface area (Å²) in [4.78, 5) is 0. The first-order chi connectivity index (χ1) is 6.24. The maximum Gasteiger partial charge on any atom is 0.0102 e. The highest BCUT2D eigenvalue weighted by molar-refractivity contribution is 5.29. The van der Waals surface area contributed by atoms with Crippen LogP contribution in [-0.2, 0) is 6.42 Å². The molecule has 0 aromatic heterocycles. The van der Waals surface area contributed by atoms with Crippen LogP contribution in [0.3, 0.4) is 0 Å². The lowest BCUT2D eigenvalue weighted by Gasteiger charge is -2.03. The molecule has 0 aliphatic carbocycles. The van der Waals surface area contributed by atoms with E-state index in [9.17, 15) is 0 Å². The van der Waals surface area contributed by atoms with E-state index in [1.54, 1.807) is 0 Å². The fourth-order valence-electron chi connectivity index (χ4n) is 1.34. The van der Waals surface area contributed by atoms with E-state index in [0.29, 0.717) is 0 Å². The summed E-state index contributed by atoms with van der Waals surface area (Å²) < 4.78 is 0. The fourth-order valence-corrected chi connectivity index (χ4v) is 1.34. The molecule has 0 saturated heterocycles. The van der Waals surface area contributed by atoms with Gasteiger partial charge in [0.2, 0.25) is 0 Å². The van der Waals surface area contributed by atoms with Gasteiger partial charge >= 0.3 is 0 Å². The number of hydrogen-bond donors (Lipinski definition) is 0. The van der Waals surface area contributed by atoms with E-state index in [4.69, 9.17) is 6.42 Å². The molecule has 1 rings (SSSR count). The first kappa shape index (κ1) is 9.86. The van der Waals surface area contributed by atoms with Crippen LogP contribution in [0.5, 0.6) is 0 Å². The van der Waals surface area contributed by atoms with E-state index >= 15 is 0 Å². The van der Waals surface area contributed by atoms with Crippen molar-refractivity contribution in [3.05, 3.63) is 41.3 Å². The number of aryl methyl sites for hydroxylation is 3. The second-order valence-electron chi connectivity index (χ2n) is 3.45. The van der Waals surface area contributed by atoms with Crippen molar-refractivity contribution < 1.29 is 0 Å². The summed E-state index contributed by atoms with van der Waals surface area (Å²) in [5.41, 5.74) is 4.08. The summed E-state index contributed by atoms with van der Waals surface area (Å²) in [6.07, 6.45) is 9.66. The summed E-state index contributed by atoms with van der Waals surface area (Å²) in [6, 6.07) is 6.57. The van der Waals surface area contributed by atoms with Gasteiger partial charge in [-0.25, -0.2) is 0 Å². The monoisotopic (exact) mass is 171 g/mol. The van der Waals surface area contributed by atoms with Crippen molar-refractivity contribution in [1.29, 1.82) is 0 Å². The largest absolute Gasteiger partial charge is 0.0891 e. The normalized spacial score (nSPS) is 9.62. The third-order valence-corrected chi connectivity index (χ3v) is 2.34. The van der Waals surface area contributed by atoms with Crippen molar-refractivity contribution >= 4 is 0 Å². The Balaban J connectivity index is 2.59. The Morgan fingerprint density at radius 1 is 1.23 bits per heavy atom. The zero-order chi connectivity index (χ0) is 9.68. The summed E-state index contributed by atoms with van der Waals surface area (Å²) in [5.74, 6) is 2.41. The van der Waals surface area contributed by atoms with Crippen LogP contribution in [0.2, 0.25) is 0 Å². The van der Waals surface area contributed by atoms with Gasteiger partial charge in [0.05, 0.1) is 0 Å². The Hall–Kier alpha value is -1.22. The highest BCUT2D eigenvalue weighted by Crippen LogP contribution is 2.11. The Bertz CT molecular complexity index is 315. The van der Waals surface area contributed by atoms with E-state index in [0.717, 1.165) is 19.3 Å².